The molecule has 0 amide bonds. The van der Waals surface area contributed by atoms with Crippen LogP contribution >= 0.6 is 11.3 Å². The Morgan fingerprint density at radius 1 is 1.05 bits per heavy atom. The van der Waals surface area contributed by atoms with Crippen LogP contribution in [-0.2, 0) is 16.4 Å². The standard InChI is InChI=1S/C16H17NO2S2/c18-21(19,16-6-3-11-20-16)17(13-8-9-13)15-10-7-12-4-1-2-5-14(12)15/h1-6,11,13,15H,7-10H2/t15-/m0/s1. The number of hydrogen-bond acceptors (Lipinski definition) is 3. The zero-order valence-corrected chi connectivity index (χ0v) is 13.2. The number of benzene rings is 1. The molecule has 1 aromatic carbocycles. The Bertz CT molecular complexity index is 748. The van der Waals surface area contributed by atoms with Crippen molar-refractivity contribution >= 4 is 21.4 Å². The van der Waals surface area contributed by atoms with Crippen molar-refractivity contribution in [3.63, 3.8) is 0 Å². The van der Waals surface area contributed by atoms with Crippen LogP contribution in [0.5, 0.6) is 0 Å². The monoisotopic (exact) mass is 319 g/mol. The van der Waals surface area contributed by atoms with Gasteiger partial charge in [-0.15, -0.1) is 11.3 Å². The fourth-order valence-corrected chi connectivity index (χ4v) is 6.24. The van der Waals surface area contributed by atoms with Crippen molar-refractivity contribution in [2.45, 2.75) is 42.0 Å². The molecule has 0 radical (unpaired) electrons. The maximum atomic E-state index is 13.0. The lowest BCUT2D eigenvalue weighted by molar-refractivity contribution is 0.315. The second kappa shape index (κ2) is 4.93. The van der Waals surface area contributed by atoms with E-state index in [0.29, 0.717) is 4.21 Å². The summed E-state index contributed by atoms with van der Waals surface area (Å²) in [7, 11) is -3.37. The van der Waals surface area contributed by atoms with Crippen molar-refractivity contribution in [2.24, 2.45) is 0 Å². The van der Waals surface area contributed by atoms with Gasteiger partial charge >= 0.3 is 0 Å². The minimum Gasteiger partial charge on any atom is -0.206 e. The van der Waals surface area contributed by atoms with Gasteiger partial charge in [-0.3, -0.25) is 0 Å². The maximum Gasteiger partial charge on any atom is 0.253 e. The molecular formula is C16H17NO2S2. The second-order valence-corrected chi connectivity index (χ2v) is 8.77. The molecule has 2 aliphatic rings. The Labute approximate surface area is 129 Å². The number of aryl methyl sites for hydroxylation is 1. The first-order chi connectivity index (χ1) is 10.2. The highest BCUT2D eigenvalue weighted by Crippen LogP contribution is 2.45. The average Bonchev–Trinajstić information content (AvgIpc) is 3.00. The SMILES string of the molecule is O=S(=O)(c1cccs1)N(C1CC1)[C@H]1CCc2ccccc21. The molecule has 4 rings (SSSR count). The van der Waals surface area contributed by atoms with Crippen molar-refractivity contribution in [1.82, 2.24) is 4.31 Å². The molecule has 1 saturated carbocycles. The molecule has 0 spiro atoms. The molecule has 21 heavy (non-hydrogen) atoms. The van der Waals surface area contributed by atoms with E-state index in [0.717, 1.165) is 25.7 Å². The lowest BCUT2D eigenvalue weighted by Crippen LogP contribution is -2.35. The molecule has 110 valence electrons. The Morgan fingerprint density at radius 3 is 2.57 bits per heavy atom. The third kappa shape index (κ3) is 2.24. The van der Waals surface area contributed by atoms with Crippen LogP contribution in [0.4, 0.5) is 0 Å². The summed E-state index contributed by atoms with van der Waals surface area (Å²) in [5, 5.41) is 1.83. The number of sulfonamides is 1. The summed E-state index contributed by atoms with van der Waals surface area (Å²) in [4.78, 5) is 0. The van der Waals surface area contributed by atoms with E-state index in [1.165, 1.54) is 22.5 Å². The number of nitrogens with zero attached hydrogens (tertiary/aromatic N) is 1. The van der Waals surface area contributed by atoms with E-state index in [4.69, 9.17) is 0 Å². The Balaban J connectivity index is 1.77. The number of thiophene rings is 1. The van der Waals surface area contributed by atoms with Gasteiger partial charge in [0.15, 0.2) is 0 Å². The molecule has 0 unspecified atom stereocenters. The van der Waals surface area contributed by atoms with E-state index in [1.54, 1.807) is 10.4 Å². The summed E-state index contributed by atoms with van der Waals surface area (Å²) in [6.45, 7) is 0. The Morgan fingerprint density at radius 2 is 1.86 bits per heavy atom. The predicted octanol–water partition coefficient (Wildman–Crippen LogP) is 3.59. The van der Waals surface area contributed by atoms with Gasteiger partial charge in [0.05, 0.1) is 6.04 Å². The van der Waals surface area contributed by atoms with Crippen LogP contribution < -0.4 is 0 Å². The normalized spacial score (nSPS) is 21.7. The second-order valence-electron chi connectivity index (χ2n) is 5.75. The maximum absolute atomic E-state index is 13.0. The quantitative estimate of drug-likeness (QED) is 0.863. The van der Waals surface area contributed by atoms with E-state index < -0.39 is 10.0 Å². The van der Waals surface area contributed by atoms with Crippen LogP contribution in [0.1, 0.15) is 36.4 Å². The molecule has 0 aliphatic heterocycles. The molecule has 0 saturated heterocycles. The van der Waals surface area contributed by atoms with Crippen molar-refractivity contribution in [2.75, 3.05) is 0 Å². The third-order valence-electron chi connectivity index (χ3n) is 4.34. The third-order valence-corrected chi connectivity index (χ3v) is 7.68. The first-order valence-electron chi connectivity index (χ1n) is 7.33. The van der Waals surface area contributed by atoms with Gasteiger partial charge in [-0.05, 0) is 48.3 Å². The highest BCUT2D eigenvalue weighted by molar-refractivity contribution is 7.91. The van der Waals surface area contributed by atoms with Crippen LogP contribution in [0.25, 0.3) is 0 Å². The summed E-state index contributed by atoms with van der Waals surface area (Å²) in [5.41, 5.74) is 2.50. The number of rotatable bonds is 4. The summed E-state index contributed by atoms with van der Waals surface area (Å²) in [6.07, 6.45) is 3.86. The van der Waals surface area contributed by atoms with Crippen LogP contribution in [0.2, 0.25) is 0 Å². The Kier molecular flexibility index (Phi) is 3.17. The van der Waals surface area contributed by atoms with Gasteiger partial charge < -0.3 is 0 Å². The average molecular weight is 319 g/mol. The van der Waals surface area contributed by atoms with Crippen molar-refractivity contribution in [1.29, 1.82) is 0 Å². The fraction of sp³-hybridized carbons (Fsp3) is 0.375. The zero-order valence-electron chi connectivity index (χ0n) is 11.6. The lowest BCUT2D eigenvalue weighted by Gasteiger charge is -2.28. The molecule has 1 heterocycles. The number of fused-ring (bicyclic) bond motifs is 1. The molecular weight excluding hydrogens is 302 g/mol. The van der Waals surface area contributed by atoms with E-state index in [2.05, 4.69) is 12.1 Å². The fourth-order valence-electron chi connectivity index (χ4n) is 3.26. The van der Waals surface area contributed by atoms with E-state index in [-0.39, 0.29) is 12.1 Å². The van der Waals surface area contributed by atoms with Crippen LogP contribution in [0.3, 0.4) is 0 Å². The van der Waals surface area contributed by atoms with Gasteiger partial charge in [-0.2, -0.15) is 4.31 Å². The summed E-state index contributed by atoms with van der Waals surface area (Å²) in [6, 6.07) is 12.0. The van der Waals surface area contributed by atoms with Crippen LogP contribution in [0.15, 0.2) is 46.0 Å². The van der Waals surface area contributed by atoms with E-state index in [9.17, 15) is 8.42 Å². The van der Waals surface area contributed by atoms with Gasteiger partial charge in [0.2, 0.25) is 0 Å². The summed E-state index contributed by atoms with van der Waals surface area (Å²) in [5.74, 6) is 0. The summed E-state index contributed by atoms with van der Waals surface area (Å²) < 4.78 is 28.3. The molecule has 0 bridgehead atoms. The summed E-state index contributed by atoms with van der Waals surface area (Å²) >= 11 is 1.31. The molecule has 2 aliphatic carbocycles. The minimum absolute atomic E-state index is 0.0146. The molecule has 1 atom stereocenters. The van der Waals surface area contributed by atoms with Crippen molar-refractivity contribution < 1.29 is 8.42 Å². The Hall–Kier alpha value is -1.17. The largest absolute Gasteiger partial charge is 0.253 e. The van der Waals surface area contributed by atoms with Crippen LogP contribution in [0, 0.1) is 0 Å². The van der Waals surface area contributed by atoms with E-state index >= 15 is 0 Å². The first-order valence-corrected chi connectivity index (χ1v) is 9.65. The van der Waals surface area contributed by atoms with Gasteiger partial charge in [0.1, 0.15) is 4.21 Å². The zero-order chi connectivity index (χ0) is 14.4. The molecule has 2 aromatic rings. The predicted molar refractivity (Wildman–Crippen MR) is 83.9 cm³/mol. The molecule has 1 fully saturated rings. The van der Waals surface area contributed by atoms with Gasteiger partial charge in [-0.1, -0.05) is 30.3 Å². The highest BCUT2D eigenvalue weighted by Gasteiger charge is 2.45. The van der Waals surface area contributed by atoms with Gasteiger partial charge in [0.25, 0.3) is 10.0 Å². The molecule has 0 N–H and O–H groups in total. The number of hydrogen-bond donors (Lipinski definition) is 0. The minimum atomic E-state index is -3.37. The van der Waals surface area contributed by atoms with Crippen molar-refractivity contribution in [3.05, 3.63) is 52.9 Å². The lowest BCUT2D eigenvalue weighted by atomic mass is 10.1. The highest BCUT2D eigenvalue weighted by atomic mass is 32.2. The molecule has 3 nitrogen and oxygen atoms in total. The van der Waals surface area contributed by atoms with Gasteiger partial charge in [0, 0.05) is 6.04 Å². The van der Waals surface area contributed by atoms with Gasteiger partial charge in [-0.25, -0.2) is 8.42 Å². The topological polar surface area (TPSA) is 37.4 Å². The van der Waals surface area contributed by atoms with Crippen LogP contribution in [-0.4, -0.2) is 18.8 Å². The van der Waals surface area contributed by atoms with Crippen molar-refractivity contribution in [3.8, 4) is 0 Å². The first kappa shape index (κ1) is 13.5. The smallest absolute Gasteiger partial charge is 0.206 e. The molecule has 5 heteroatoms. The van der Waals surface area contributed by atoms with E-state index in [1.807, 2.05) is 23.6 Å². The molecule has 1 aromatic heterocycles.